The normalized spacial score (nSPS) is 10.3. The summed E-state index contributed by atoms with van der Waals surface area (Å²) in [7, 11) is 1.55. The Balaban J connectivity index is 2.61. The van der Waals surface area contributed by atoms with Crippen LogP contribution in [-0.2, 0) is 0 Å². The molecule has 0 fully saturated rings. The Labute approximate surface area is 116 Å². The Morgan fingerprint density at radius 3 is 2.53 bits per heavy atom. The molecular formula is C15H13ClO3. The highest BCUT2D eigenvalue weighted by atomic mass is 35.5. The third kappa shape index (κ3) is 2.71. The number of aryl methyl sites for hydroxylation is 1. The molecule has 0 saturated carbocycles. The summed E-state index contributed by atoms with van der Waals surface area (Å²) >= 11 is 6.10. The number of ether oxygens (including phenoxy) is 1. The molecular weight excluding hydrogens is 264 g/mol. The molecule has 19 heavy (non-hydrogen) atoms. The van der Waals surface area contributed by atoms with Crippen molar-refractivity contribution >= 4 is 17.6 Å². The minimum absolute atomic E-state index is 0.215. The van der Waals surface area contributed by atoms with Gasteiger partial charge in [0.2, 0.25) is 0 Å². The van der Waals surface area contributed by atoms with Gasteiger partial charge in [0.1, 0.15) is 5.75 Å². The summed E-state index contributed by atoms with van der Waals surface area (Å²) in [5, 5.41) is 9.69. The van der Waals surface area contributed by atoms with Crippen molar-refractivity contribution in [2.24, 2.45) is 0 Å². The summed E-state index contributed by atoms with van der Waals surface area (Å²) in [6, 6.07) is 10.3. The Morgan fingerprint density at radius 2 is 1.95 bits per heavy atom. The van der Waals surface area contributed by atoms with Crippen molar-refractivity contribution in [3.63, 3.8) is 0 Å². The van der Waals surface area contributed by atoms with Crippen LogP contribution in [0.3, 0.4) is 0 Å². The Hall–Kier alpha value is -2.00. The largest absolute Gasteiger partial charge is 0.496 e. The first-order valence-corrected chi connectivity index (χ1v) is 6.08. The van der Waals surface area contributed by atoms with E-state index in [2.05, 4.69) is 0 Å². The third-order valence-electron chi connectivity index (χ3n) is 2.93. The molecule has 98 valence electrons. The van der Waals surface area contributed by atoms with Crippen molar-refractivity contribution < 1.29 is 14.6 Å². The number of hydrogen-bond donors (Lipinski definition) is 1. The Morgan fingerprint density at radius 1 is 1.21 bits per heavy atom. The molecule has 0 aliphatic heterocycles. The van der Waals surface area contributed by atoms with Gasteiger partial charge in [0, 0.05) is 10.6 Å². The fourth-order valence-electron chi connectivity index (χ4n) is 1.83. The standard InChI is InChI=1S/C15H13ClO3/c1-9-3-4-10(8-13(9)16)12-7-11(15(17)18)5-6-14(12)19-2/h3-8H,1-2H3,(H,17,18). The Bertz CT molecular complexity index is 635. The lowest BCUT2D eigenvalue weighted by molar-refractivity contribution is 0.0697. The second-order valence-corrected chi connectivity index (χ2v) is 4.59. The molecule has 0 aliphatic carbocycles. The van der Waals surface area contributed by atoms with Crippen molar-refractivity contribution in [3.8, 4) is 16.9 Å². The SMILES string of the molecule is COc1ccc(C(=O)O)cc1-c1ccc(C)c(Cl)c1. The molecule has 2 aromatic rings. The van der Waals surface area contributed by atoms with Gasteiger partial charge in [-0.3, -0.25) is 0 Å². The predicted octanol–water partition coefficient (Wildman–Crippen LogP) is 4.02. The van der Waals surface area contributed by atoms with Gasteiger partial charge in [-0.25, -0.2) is 4.79 Å². The molecule has 0 atom stereocenters. The minimum atomic E-state index is -0.970. The van der Waals surface area contributed by atoms with Crippen molar-refractivity contribution in [2.45, 2.75) is 6.92 Å². The van der Waals surface area contributed by atoms with Gasteiger partial charge in [-0.1, -0.05) is 23.7 Å². The minimum Gasteiger partial charge on any atom is -0.496 e. The van der Waals surface area contributed by atoms with Gasteiger partial charge in [-0.15, -0.1) is 0 Å². The van der Waals surface area contributed by atoms with Gasteiger partial charge in [0.05, 0.1) is 12.7 Å². The lowest BCUT2D eigenvalue weighted by Crippen LogP contribution is -1.98. The van der Waals surface area contributed by atoms with Crippen LogP contribution in [0.5, 0.6) is 5.75 Å². The maximum Gasteiger partial charge on any atom is 0.335 e. The van der Waals surface area contributed by atoms with Gasteiger partial charge in [0.15, 0.2) is 0 Å². The lowest BCUT2D eigenvalue weighted by Gasteiger charge is -2.10. The highest BCUT2D eigenvalue weighted by Gasteiger charge is 2.11. The number of carboxylic acid groups (broad SMARTS) is 1. The van der Waals surface area contributed by atoms with Crippen LogP contribution in [-0.4, -0.2) is 18.2 Å². The van der Waals surface area contributed by atoms with Gasteiger partial charge < -0.3 is 9.84 Å². The van der Waals surface area contributed by atoms with Gasteiger partial charge >= 0.3 is 5.97 Å². The summed E-state index contributed by atoms with van der Waals surface area (Å²) < 4.78 is 5.27. The van der Waals surface area contributed by atoms with E-state index in [-0.39, 0.29) is 5.56 Å². The van der Waals surface area contributed by atoms with Crippen LogP contribution in [0, 0.1) is 6.92 Å². The molecule has 0 spiro atoms. The van der Waals surface area contributed by atoms with E-state index in [1.165, 1.54) is 6.07 Å². The van der Waals surface area contributed by atoms with Gasteiger partial charge in [-0.05, 0) is 42.3 Å². The smallest absolute Gasteiger partial charge is 0.335 e. The van der Waals surface area contributed by atoms with E-state index in [9.17, 15) is 4.79 Å². The Kier molecular flexibility index (Phi) is 3.76. The van der Waals surface area contributed by atoms with Crippen molar-refractivity contribution in [2.75, 3.05) is 7.11 Å². The first-order valence-electron chi connectivity index (χ1n) is 5.71. The van der Waals surface area contributed by atoms with E-state index in [1.807, 2.05) is 19.1 Å². The quantitative estimate of drug-likeness (QED) is 0.921. The highest BCUT2D eigenvalue weighted by molar-refractivity contribution is 6.31. The van der Waals surface area contributed by atoms with Crippen LogP contribution in [0.15, 0.2) is 36.4 Å². The summed E-state index contributed by atoms with van der Waals surface area (Å²) in [6.45, 7) is 1.91. The van der Waals surface area contributed by atoms with Crippen LogP contribution in [0.1, 0.15) is 15.9 Å². The van der Waals surface area contributed by atoms with E-state index in [0.29, 0.717) is 16.3 Å². The molecule has 0 radical (unpaired) electrons. The average Bonchev–Trinajstić information content (AvgIpc) is 2.41. The van der Waals surface area contributed by atoms with Gasteiger partial charge in [0.25, 0.3) is 0 Å². The fraction of sp³-hybridized carbons (Fsp3) is 0.133. The van der Waals surface area contributed by atoms with E-state index >= 15 is 0 Å². The topological polar surface area (TPSA) is 46.5 Å². The van der Waals surface area contributed by atoms with E-state index < -0.39 is 5.97 Å². The van der Waals surface area contributed by atoms with Crippen molar-refractivity contribution in [1.82, 2.24) is 0 Å². The summed E-state index contributed by atoms with van der Waals surface area (Å²) in [5.74, 6) is -0.355. The molecule has 4 heteroatoms. The zero-order valence-corrected chi connectivity index (χ0v) is 11.4. The van der Waals surface area contributed by atoms with Gasteiger partial charge in [-0.2, -0.15) is 0 Å². The van der Waals surface area contributed by atoms with Crippen LogP contribution < -0.4 is 4.74 Å². The second kappa shape index (κ2) is 5.33. The molecule has 3 nitrogen and oxygen atoms in total. The van der Waals surface area contributed by atoms with Crippen LogP contribution >= 0.6 is 11.6 Å². The van der Waals surface area contributed by atoms with Crippen molar-refractivity contribution in [1.29, 1.82) is 0 Å². The molecule has 0 bridgehead atoms. The number of rotatable bonds is 3. The van der Waals surface area contributed by atoms with E-state index in [1.54, 1.807) is 25.3 Å². The lowest BCUT2D eigenvalue weighted by atomic mass is 10.0. The van der Waals surface area contributed by atoms with E-state index in [0.717, 1.165) is 11.1 Å². The van der Waals surface area contributed by atoms with E-state index in [4.69, 9.17) is 21.4 Å². The molecule has 0 heterocycles. The predicted molar refractivity (Wildman–Crippen MR) is 75.1 cm³/mol. The number of carbonyl (C=O) groups is 1. The summed E-state index contributed by atoms with van der Waals surface area (Å²) in [4.78, 5) is 11.0. The third-order valence-corrected chi connectivity index (χ3v) is 3.34. The maximum atomic E-state index is 11.0. The summed E-state index contributed by atoms with van der Waals surface area (Å²) in [5.41, 5.74) is 2.73. The number of hydrogen-bond acceptors (Lipinski definition) is 2. The number of carboxylic acids is 1. The van der Waals surface area contributed by atoms with Crippen LogP contribution in [0.25, 0.3) is 11.1 Å². The molecule has 2 aromatic carbocycles. The first-order chi connectivity index (χ1) is 9.02. The monoisotopic (exact) mass is 276 g/mol. The van der Waals surface area contributed by atoms with Crippen LogP contribution in [0.4, 0.5) is 0 Å². The fourth-order valence-corrected chi connectivity index (χ4v) is 2.01. The number of aromatic carboxylic acids is 1. The van der Waals surface area contributed by atoms with Crippen molar-refractivity contribution in [3.05, 3.63) is 52.5 Å². The molecule has 1 N–H and O–H groups in total. The molecule has 0 saturated heterocycles. The second-order valence-electron chi connectivity index (χ2n) is 4.18. The molecule has 0 aliphatic rings. The zero-order valence-electron chi connectivity index (χ0n) is 10.6. The van der Waals surface area contributed by atoms with Crippen LogP contribution in [0.2, 0.25) is 5.02 Å². The highest BCUT2D eigenvalue weighted by Crippen LogP contribution is 2.33. The number of halogens is 1. The number of benzene rings is 2. The zero-order chi connectivity index (χ0) is 14.0. The molecule has 0 amide bonds. The number of methoxy groups -OCH3 is 1. The summed E-state index contributed by atoms with van der Waals surface area (Å²) in [6.07, 6.45) is 0. The maximum absolute atomic E-state index is 11.0. The molecule has 2 rings (SSSR count). The first kappa shape index (κ1) is 13.4. The molecule has 0 aromatic heterocycles. The molecule has 0 unspecified atom stereocenters. The average molecular weight is 277 g/mol.